The van der Waals surface area contributed by atoms with Crippen LogP contribution < -0.4 is 0 Å². The van der Waals surface area contributed by atoms with Crippen molar-refractivity contribution in [3.05, 3.63) is 71.5 Å². The highest BCUT2D eigenvalue weighted by Crippen LogP contribution is 2.32. The number of hydrogen-bond donors (Lipinski definition) is 0. The molecule has 0 saturated heterocycles. The third-order valence-corrected chi connectivity index (χ3v) is 5.34. The van der Waals surface area contributed by atoms with Crippen LogP contribution in [0, 0.1) is 0 Å². The lowest BCUT2D eigenvalue weighted by Gasteiger charge is -2.22. The third kappa shape index (κ3) is 4.56. The predicted octanol–water partition coefficient (Wildman–Crippen LogP) is 3.75. The summed E-state index contributed by atoms with van der Waals surface area (Å²) in [5.41, 5.74) is 2.81. The number of esters is 1. The lowest BCUT2D eigenvalue weighted by molar-refractivity contribution is 0.0474. The standard InChI is InChI=1S/C22H22N4O3/c27-21(18-11-9-17(10-12-18)16-5-2-1-3-6-16)14-29-22(28)19-7-4-8-20(13-19)26-15-23-24-25-26/h4,7-13,15-16H,1-3,5-6,14H2. The number of benzene rings is 2. The van der Waals surface area contributed by atoms with E-state index in [1.165, 1.54) is 48.7 Å². The van der Waals surface area contributed by atoms with Crippen LogP contribution >= 0.6 is 0 Å². The molecule has 1 aliphatic carbocycles. The van der Waals surface area contributed by atoms with E-state index in [-0.39, 0.29) is 12.4 Å². The van der Waals surface area contributed by atoms with Gasteiger partial charge in [-0.25, -0.2) is 9.48 Å². The average Bonchev–Trinajstić information content (AvgIpc) is 3.33. The molecule has 148 valence electrons. The minimum absolute atomic E-state index is 0.217. The Morgan fingerprint density at radius 3 is 2.52 bits per heavy atom. The van der Waals surface area contributed by atoms with Gasteiger partial charge in [0, 0.05) is 5.56 Å². The fourth-order valence-electron chi connectivity index (χ4n) is 3.73. The summed E-state index contributed by atoms with van der Waals surface area (Å²) in [7, 11) is 0. The fraction of sp³-hybridized carbons (Fsp3) is 0.318. The second-order valence-corrected chi connectivity index (χ2v) is 7.26. The van der Waals surface area contributed by atoms with Crippen molar-refractivity contribution in [3.8, 4) is 5.69 Å². The lowest BCUT2D eigenvalue weighted by Crippen LogP contribution is -2.15. The van der Waals surface area contributed by atoms with Crippen molar-refractivity contribution in [2.24, 2.45) is 0 Å². The molecule has 0 N–H and O–H groups in total. The Labute approximate surface area is 168 Å². The van der Waals surface area contributed by atoms with Crippen LogP contribution in [0.25, 0.3) is 5.69 Å². The average molecular weight is 390 g/mol. The molecule has 1 aliphatic rings. The zero-order chi connectivity index (χ0) is 20.1. The SMILES string of the molecule is O=C(COC(=O)c1cccc(-n2cnnn2)c1)c1ccc(C2CCCCC2)cc1. The Morgan fingerprint density at radius 1 is 1.00 bits per heavy atom. The van der Waals surface area contributed by atoms with Gasteiger partial charge in [-0.2, -0.15) is 0 Å². The van der Waals surface area contributed by atoms with Crippen molar-refractivity contribution >= 4 is 11.8 Å². The number of nitrogens with zero attached hydrogens (tertiary/aromatic N) is 4. The fourth-order valence-corrected chi connectivity index (χ4v) is 3.73. The zero-order valence-corrected chi connectivity index (χ0v) is 16.0. The van der Waals surface area contributed by atoms with E-state index in [4.69, 9.17) is 4.74 Å². The molecule has 29 heavy (non-hydrogen) atoms. The molecule has 3 aromatic rings. The van der Waals surface area contributed by atoms with E-state index in [1.807, 2.05) is 24.3 Å². The largest absolute Gasteiger partial charge is 0.454 e. The van der Waals surface area contributed by atoms with E-state index >= 15 is 0 Å². The summed E-state index contributed by atoms with van der Waals surface area (Å²) in [4.78, 5) is 24.7. The molecule has 4 rings (SSSR count). The van der Waals surface area contributed by atoms with Gasteiger partial charge >= 0.3 is 5.97 Å². The molecule has 1 aromatic heterocycles. The number of Topliss-reactive ketones (excluding diaryl/α,β-unsaturated/α-hetero) is 1. The predicted molar refractivity (Wildman–Crippen MR) is 106 cm³/mol. The molecule has 0 amide bonds. The van der Waals surface area contributed by atoms with Crippen molar-refractivity contribution in [2.45, 2.75) is 38.0 Å². The molecular weight excluding hydrogens is 368 g/mol. The van der Waals surface area contributed by atoms with Gasteiger partial charge in [-0.15, -0.1) is 5.10 Å². The minimum atomic E-state index is -0.563. The maximum absolute atomic E-state index is 12.4. The molecule has 0 spiro atoms. The zero-order valence-electron chi connectivity index (χ0n) is 16.0. The molecule has 0 aliphatic heterocycles. The highest BCUT2D eigenvalue weighted by Gasteiger charge is 2.17. The Bertz CT molecular complexity index is 978. The maximum atomic E-state index is 12.4. The number of ether oxygens (including phenoxy) is 1. The number of aromatic nitrogens is 4. The topological polar surface area (TPSA) is 87.0 Å². The van der Waals surface area contributed by atoms with Gasteiger partial charge in [0.25, 0.3) is 0 Å². The monoisotopic (exact) mass is 390 g/mol. The van der Waals surface area contributed by atoms with Gasteiger partial charge in [0.2, 0.25) is 0 Å². The molecule has 2 aromatic carbocycles. The van der Waals surface area contributed by atoms with E-state index in [2.05, 4.69) is 15.5 Å². The summed E-state index contributed by atoms with van der Waals surface area (Å²) < 4.78 is 6.65. The van der Waals surface area contributed by atoms with Crippen LogP contribution in [0.2, 0.25) is 0 Å². The lowest BCUT2D eigenvalue weighted by atomic mass is 9.84. The van der Waals surface area contributed by atoms with Crippen LogP contribution in [0.3, 0.4) is 0 Å². The van der Waals surface area contributed by atoms with E-state index < -0.39 is 5.97 Å². The summed E-state index contributed by atoms with van der Waals surface area (Å²) in [6.45, 7) is -0.295. The molecule has 0 unspecified atom stereocenters. The first-order valence-electron chi connectivity index (χ1n) is 9.84. The molecule has 0 radical (unpaired) electrons. The summed E-state index contributed by atoms with van der Waals surface area (Å²) in [5, 5.41) is 10.9. The van der Waals surface area contributed by atoms with Crippen LogP contribution in [-0.4, -0.2) is 38.6 Å². The van der Waals surface area contributed by atoms with Crippen LogP contribution in [0.1, 0.15) is 64.3 Å². The van der Waals surface area contributed by atoms with Crippen LogP contribution in [-0.2, 0) is 4.74 Å². The normalized spacial score (nSPS) is 14.5. The summed E-state index contributed by atoms with van der Waals surface area (Å²) in [6.07, 6.45) is 7.73. The van der Waals surface area contributed by atoms with Gasteiger partial charge in [0.1, 0.15) is 6.33 Å². The quantitative estimate of drug-likeness (QED) is 0.471. The first-order valence-corrected chi connectivity index (χ1v) is 9.84. The van der Waals surface area contributed by atoms with Crippen LogP contribution in [0.5, 0.6) is 0 Å². The van der Waals surface area contributed by atoms with E-state index in [0.717, 1.165) is 0 Å². The molecule has 1 heterocycles. The smallest absolute Gasteiger partial charge is 0.338 e. The Hall–Kier alpha value is -3.35. The van der Waals surface area contributed by atoms with Crippen molar-refractivity contribution in [1.29, 1.82) is 0 Å². The Kier molecular flexibility index (Phi) is 5.74. The summed E-state index contributed by atoms with van der Waals surface area (Å²) >= 11 is 0. The number of tetrazole rings is 1. The molecule has 1 saturated carbocycles. The number of rotatable bonds is 6. The number of hydrogen-bond acceptors (Lipinski definition) is 6. The number of carbonyl (C=O) groups excluding carboxylic acids is 2. The van der Waals surface area contributed by atoms with Gasteiger partial charge in [-0.05, 0) is 52.9 Å². The van der Waals surface area contributed by atoms with E-state index in [1.54, 1.807) is 24.3 Å². The third-order valence-electron chi connectivity index (χ3n) is 5.34. The minimum Gasteiger partial charge on any atom is -0.454 e. The van der Waals surface area contributed by atoms with Crippen molar-refractivity contribution in [2.75, 3.05) is 6.61 Å². The molecular formula is C22H22N4O3. The van der Waals surface area contributed by atoms with Gasteiger partial charge in [-0.1, -0.05) is 49.6 Å². The summed E-state index contributed by atoms with van der Waals surface area (Å²) in [5.74, 6) is -0.185. The first kappa shape index (κ1) is 19.0. The number of carbonyl (C=O) groups is 2. The second kappa shape index (κ2) is 8.77. The van der Waals surface area contributed by atoms with Crippen molar-refractivity contribution in [3.63, 3.8) is 0 Å². The molecule has 7 nitrogen and oxygen atoms in total. The molecule has 0 bridgehead atoms. The Morgan fingerprint density at radius 2 is 1.79 bits per heavy atom. The highest BCUT2D eigenvalue weighted by atomic mass is 16.5. The maximum Gasteiger partial charge on any atom is 0.338 e. The van der Waals surface area contributed by atoms with Gasteiger partial charge < -0.3 is 4.74 Å². The first-order chi connectivity index (χ1) is 14.2. The number of ketones is 1. The van der Waals surface area contributed by atoms with Gasteiger partial charge in [0.15, 0.2) is 12.4 Å². The van der Waals surface area contributed by atoms with Gasteiger partial charge in [0.05, 0.1) is 11.3 Å². The van der Waals surface area contributed by atoms with E-state index in [0.29, 0.717) is 22.7 Å². The molecule has 7 heteroatoms. The Balaban J connectivity index is 1.35. The highest BCUT2D eigenvalue weighted by molar-refractivity contribution is 5.99. The molecule has 1 fully saturated rings. The molecule has 0 atom stereocenters. The van der Waals surface area contributed by atoms with Crippen molar-refractivity contribution < 1.29 is 14.3 Å². The summed E-state index contributed by atoms with van der Waals surface area (Å²) in [6, 6.07) is 14.4. The van der Waals surface area contributed by atoms with Gasteiger partial charge in [-0.3, -0.25) is 4.79 Å². The van der Waals surface area contributed by atoms with Crippen LogP contribution in [0.15, 0.2) is 54.9 Å². The van der Waals surface area contributed by atoms with Crippen LogP contribution in [0.4, 0.5) is 0 Å². The van der Waals surface area contributed by atoms with Crippen molar-refractivity contribution in [1.82, 2.24) is 20.2 Å². The van der Waals surface area contributed by atoms with E-state index in [9.17, 15) is 9.59 Å². The second-order valence-electron chi connectivity index (χ2n) is 7.26.